The number of anilines is 2. The molecule has 0 saturated heterocycles. The van der Waals surface area contributed by atoms with Gasteiger partial charge in [-0.3, -0.25) is 14.3 Å². The van der Waals surface area contributed by atoms with E-state index >= 15 is 0 Å². The van der Waals surface area contributed by atoms with Crippen LogP contribution in [0.15, 0.2) is 59.3 Å². The molecule has 196 valence electrons. The van der Waals surface area contributed by atoms with E-state index < -0.39 is 21.7 Å². The molecule has 0 unspecified atom stereocenters. The Kier molecular flexibility index (Phi) is 7.21. The summed E-state index contributed by atoms with van der Waals surface area (Å²) in [7, 11) is -2.03. The summed E-state index contributed by atoms with van der Waals surface area (Å²) in [5.74, 6) is -2.53. The number of rotatable bonds is 8. The lowest BCUT2D eigenvalue weighted by atomic mass is 10.1. The van der Waals surface area contributed by atoms with Crippen molar-refractivity contribution in [1.82, 2.24) is 10.2 Å². The topological polar surface area (TPSA) is 108 Å². The standard InChI is InChI=1S/C25H26F2N4O5S/c1-4-28-24(32)15-10-18-20(11-15)31(14-30(3)25(18)33)21-13-17(29-37(34,35)5-2)7-9-23(21)36-22-8-6-16(26)12-19(22)27/h6-9,11-13,29H,4-5,10,14H2,1-3H3,(H,28,32). The third-order valence-electron chi connectivity index (χ3n) is 5.88. The molecule has 0 bridgehead atoms. The maximum Gasteiger partial charge on any atom is 0.253 e. The van der Waals surface area contributed by atoms with Gasteiger partial charge in [-0.2, -0.15) is 0 Å². The molecule has 12 heteroatoms. The summed E-state index contributed by atoms with van der Waals surface area (Å²) >= 11 is 0. The minimum atomic E-state index is -3.62. The van der Waals surface area contributed by atoms with Crippen LogP contribution in [0, 0.1) is 11.6 Å². The number of likely N-dealkylation sites (N-methyl/N-ethyl adjacent to an activating group) is 2. The molecule has 2 aromatic rings. The van der Waals surface area contributed by atoms with Gasteiger partial charge in [-0.25, -0.2) is 17.2 Å². The van der Waals surface area contributed by atoms with Crippen LogP contribution in [0.2, 0.25) is 0 Å². The predicted molar refractivity (Wildman–Crippen MR) is 134 cm³/mol. The van der Waals surface area contributed by atoms with Crippen LogP contribution in [-0.4, -0.2) is 51.1 Å². The van der Waals surface area contributed by atoms with Crippen molar-refractivity contribution in [2.45, 2.75) is 20.3 Å². The Morgan fingerprint density at radius 1 is 1.11 bits per heavy atom. The van der Waals surface area contributed by atoms with Gasteiger partial charge in [-0.1, -0.05) is 0 Å². The normalized spacial score (nSPS) is 15.5. The molecular weight excluding hydrogens is 506 g/mol. The highest BCUT2D eigenvalue weighted by molar-refractivity contribution is 7.92. The minimum Gasteiger partial charge on any atom is -0.452 e. The third-order valence-corrected chi connectivity index (χ3v) is 7.19. The Bertz CT molecular complexity index is 1440. The summed E-state index contributed by atoms with van der Waals surface area (Å²) in [5.41, 5.74) is 1.75. The number of halogens is 2. The predicted octanol–water partition coefficient (Wildman–Crippen LogP) is 3.47. The number of carbonyl (C=O) groups excluding carboxylic acids is 2. The van der Waals surface area contributed by atoms with Gasteiger partial charge >= 0.3 is 0 Å². The van der Waals surface area contributed by atoms with E-state index in [-0.39, 0.29) is 47.8 Å². The van der Waals surface area contributed by atoms with E-state index in [0.29, 0.717) is 35.1 Å². The van der Waals surface area contributed by atoms with Crippen LogP contribution in [0.4, 0.5) is 20.2 Å². The number of allylic oxidation sites excluding steroid dienone is 1. The number of hydrogen-bond donors (Lipinski definition) is 2. The molecule has 1 aliphatic heterocycles. The largest absolute Gasteiger partial charge is 0.452 e. The first-order valence-corrected chi connectivity index (χ1v) is 13.2. The van der Waals surface area contributed by atoms with E-state index in [0.717, 1.165) is 12.1 Å². The lowest BCUT2D eigenvalue weighted by molar-refractivity contribution is -0.126. The van der Waals surface area contributed by atoms with Crippen molar-refractivity contribution in [2.75, 3.05) is 35.6 Å². The quantitative estimate of drug-likeness (QED) is 0.539. The fourth-order valence-electron chi connectivity index (χ4n) is 4.03. The maximum atomic E-state index is 14.4. The van der Waals surface area contributed by atoms with Crippen LogP contribution >= 0.6 is 0 Å². The van der Waals surface area contributed by atoms with E-state index in [2.05, 4.69) is 10.0 Å². The van der Waals surface area contributed by atoms with Gasteiger partial charge in [0.2, 0.25) is 15.9 Å². The first-order chi connectivity index (χ1) is 17.5. The van der Waals surface area contributed by atoms with Gasteiger partial charge in [-0.15, -0.1) is 0 Å². The fraction of sp³-hybridized carbons (Fsp3) is 0.280. The molecule has 1 heterocycles. The zero-order chi connectivity index (χ0) is 26.9. The average Bonchev–Trinajstić information content (AvgIpc) is 3.30. The number of amides is 2. The first-order valence-electron chi connectivity index (χ1n) is 11.5. The number of nitrogens with zero attached hydrogens (tertiary/aromatic N) is 2. The van der Waals surface area contributed by atoms with Crippen molar-refractivity contribution in [1.29, 1.82) is 0 Å². The summed E-state index contributed by atoms with van der Waals surface area (Å²) in [6, 6.07) is 7.27. The number of nitrogens with one attached hydrogen (secondary N) is 2. The molecule has 37 heavy (non-hydrogen) atoms. The van der Waals surface area contributed by atoms with Gasteiger partial charge in [0.05, 0.1) is 29.5 Å². The third kappa shape index (κ3) is 5.43. The molecule has 0 fully saturated rings. The van der Waals surface area contributed by atoms with Gasteiger partial charge in [-0.05, 0) is 50.3 Å². The summed E-state index contributed by atoms with van der Waals surface area (Å²) in [6.45, 7) is 3.74. The Balaban J connectivity index is 1.83. The van der Waals surface area contributed by atoms with Gasteiger partial charge in [0, 0.05) is 37.2 Å². The number of ether oxygens (including phenoxy) is 1. The summed E-state index contributed by atoms with van der Waals surface area (Å²) < 4.78 is 60.5. The van der Waals surface area contributed by atoms with Crippen molar-refractivity contribution in [2.24, 2.45) is 0 Å². The Morgan fingerprint density at radius 3 is 2.51 bits per heavy atom. The SMILES string of the molecule is CCNC(=O)C1=CC2=C(C1)C(=O)N(C)CN2c1cc(NS(=O)(=O)CC)ccc1Oc1ccc(F)cc1F. The van der Waals surface area contributed by atoms with E-state index in [9.17, 15) is 26.8 Å². The summed E-state index contributed by atoms with van der Waals surface area (Å²) in [4.78, 5) is 28.6. The highest BCUT2D eigenvalue weighted by Gasteiger charge is 2.36. The molecule has 2 aliphatic rings. The highest BCUT2D eigenvalue weighted by Crippen LogP contribution is 2.42. The Labute approximate surface area is 213 Å². The Morgan fingerprint density at radius 2 is 1.84 bits per heavy atom. The summed E-state index contributed by atoms with van der Waals surface area (Å²) in [6.07, 6.45) is 1.72. The van der Waals surface area contributed by atoms with Gasteiger partial charge in [0.15, 0.2) is 17.3 Å². The van der Waals surface area contributed by atoms with Crippen molar-refractivity contribution >= 4 is 33.2 Å². The second kappa shape index (κ2) is 10.2. The molecule has 2 aromatic carbocycles. The zero-order valence-corrected chi connectivity index (χ0v) is 21.3. The minimum absolute atomic E-state index is 0.0447. The monoisotopic (exact) mass is 532 g/mol. The summed E-state index contributed by atoms with van der Waals surface area (Å²) in [5, 5.41) is 2.72. The van der Waals surface area contributed by atoms with Crippen LogP contribution in [-0.2, 0) is 19.6 Å². The van der Waals surface area contributed by atoms with Crippen LogP contribution in [0.25, 0.3) is 0 Å². The van der Waals surface area contributed by atoms with E-state index in [1.807, 2.05) is 0 Å². The molecule has 9 nitrogen and oxygen atoms in total. The molecule has 4 rings (SSSR count). The zero-order valence-electron chi connectivity index (χ0n) is 20.5. The fourth-order valence-corrected chi connectivity index (χ4v) is 4.66. The van der Waals surface area contributed by atoms with Gasteiger partial charge in [0.25, 0.3) is 5.91 Å². The number of carbonyl (C=O) groups is 2. The average molecular weight is 533 g/mol. The number of sulfonamides is 1. The van der Waals surface area contributed by atoms with Crippen LogP contribution in [0.1, 0.15) is 20.3 Å². The smallest absolute Gasteiger partial charge is 0.253 e. The van der Waals surface area contributed by atoms with Gasteiger partial charge in [0.1, 0.15) is 5.82 Å². The van der Waals surface area contributed by atoms with Crippen molar-refractivity contribution < 1.29 is 31.5 Å². The lowest BCUT2D eigenvalue weighted by Gasteiger charge is -2.36. The molecule has 0 atom stereocenters. The van der Waals surface area contributed by atoms with E-state index in [1.54, 1.807) is 24.9 Å². The number of benzene rings is 2. The molecule has 0 radical (unpaired) electrons. The van der Waals surface area contributed by atoms with Crippen molar-refractivity contribution in [3.8, 4) is 11.5 Å². The highest BCUT2D eigenvalue weighted by atomic mass is 32.2. The van der Waals surface area contributed by atoms with E-state index in [4.69, 9.17) is 4.74 Å². The Hall–Kier alpha value is -3.93. The van der Waals surface area contributed by atoms with Crippen LogP contribution in [0.5, 0.6) is 11.5 Å². The molecule has 0 saturated carbocycles. The van der Waals surface area contributed by atoms with E-state index in [1.165, 1.54) is 30.0 Å². The van der Waals surface area contributed by atoms with Crippen LogP contribution in [0.3, 0.4) is 0 Å². The van der Waals surface area contributed by atoms with Crippen molar-refractivity contribution in [3.63, 3.8) is 0 Å². The molecule has 2 N–H and O–H groups in total. The van der Waals surface area contributed by atoms with Crippen LogP contribution < -0.4 is 19.7 Å². The molecule has 1 aliphatic carbocycles. The first kappa shape index (κ1) is 26.1. The molecule has 0 aromatic heterocycles. The lowest BCUT2D eigenvalue weighted by Crippen LogP contribution is -2.44. The molecule has 0 spiro atoms. The van der Waals surface area contributed by atoms with Gasteiger partial charge < -0.3 is 19.9 Å². The molecule has 2 amide bonds. The maximum absolute atomic E-state index is 14.4. The van der Waals surface area contributed by atoms with Crippen molar-refractivity contribution in [3.05, 3.63) is 71.0 Å². The number of hydrogen-bond acceptors (Lipinski definition) is 6. The molecular formula is C25H26F2N4O5S. The second-order valence-corrected chi connectivity index (χ2v) is 10.5. The second-order valence-electron chi connectivity index (χ2n) is 8.51.